The molecule has 0 aromatic heterocycles. The second-order valence-electron chi connectivity index (χ2n) is 10.0. The average Bonchev–Trinajstić information content (AvgIpc) is 2.92. The van der Waals surface area contributed by atoms with Crippen molar-refractivity contribution in [2.45, 2.75) is 0 Å². The molecule has 0 bridgehead atoms. The first-order valence-electron chi connectivity index (χ1n) is 12.3. The second-order valence-corrected chi connectivity index (χ2v) is 12.3. The fourth-order valence-electron chi connectivity index (χ4n) is 7.08. The van der Waals surface area contributed by atoms with Gasteiger partial charge in [-0.3, -0.25) is 0 Å². The van der Waals surface area contributed by atoms with Crippen molar-refractivity contribution in [1.82, 2.24) is 0 Å². The van der Waals surface area contributed by atoms with E-state index in [-0.39, 0.29) is 28.4 Å². The van der Waals surface area contributed by atoms with Gasteiger partial charge in [-0.1, -0.05) is 0 Å². The summed E-state index contributed by atoms with van der Waals surface area (Å²) in [6.45, 7) is 0.300. The molecule has 0 spiro atoms. The Labute approximate surface area is 215 Å². The standard InChI is InChI=1S/C30H15B2NO2Se/c1-3-11-20-16(7-1)31-18-9-5-13-24-28(18)33-29-19(10-6-14-25(29)36-24)32-17-8-2-4-12-21(17)35-23-15-22(34-20)26(31)30(33)27(23)32/h1-15H. The van der Waals surface area contributed by atoms with E-state index in [1.165, 1.54) is 58.8 Å². The van der Waals surface area contributed by atoms with E-state index in [0.29, 0.717) is 0 Å². The van der Waals surface area contributed by atoms with Gasteiger partial charge >= 0.3 is 216 Å². The van der Waals surface area contributed by atoms with Crippen molar-refractivity contribution >= 4 is 87.1 Å². The predicted octanol–water partition coefficient (Wildman–Crippen LogP) is 0.995. The molecular weight excluding hydrogens is 507 g/mol. The molecule has 6 heteroatoms. The minimum absolute atomic E-state index is 0.150. The summed E-state index contributed by atoms with van der Waals surface area (Å²) in [4.78, 5) is 2.57. The van der Waals surface area contributed by atoms with Crippen molar-refractivity contribution in [2.24, 2.45) is 0 Å². The molecule has 0 saturated carbocycles. The Balaban J connectivity index is 1.42. The van der Waals surface area contributed by atoms with Crippen LogP contribution in [0.4, 0.5) is 17.1 Å². The molecule has 5 aromatic carbocycles. The summed E-state index contributed by atoms with van der Waals surface area (Å²) >= 11 is 0.248. The maximum atomic E-state index is 6.63. The number of para-hydroxylation sites is 4. The first-order chi connectivity index (χ1) is 17.9. The Morgan fingerprint density at radius 2 is 1.00 bits per heavy atom. The molecular formula is C30H15B2NO2Se. The van der Waals surface area contributed by atoms with Crippen molar-refractivity contribution in [3.63, 3.8) is 0 Å². The fourth-order valence-corrected chi connectivity index (χ4v) is 9.48. The number of nitrogens with zero attached hydrogens (tertiary/aromatic N) is 1. The fraction of sp³-hybridized carbons (Fsp3) is 0. The topological polar surface area (TPSA) is 21.7 Å². The summed E-state index contributed by atoms with van der Waals surface area (Å²) in [5, 5.41) is 0. The molecule has 36 heavy (non-hydrogen) atoms. The third-order valence-corrected chi connectivity index (χ3v) is 10.7. The molecule has 0 saturated heterocycles. The van der Waals surface area contributed by atoms with Gasteiger partial charge in [-0.05, 0) is 0 Å². The molecule has 0 N–H and O–H groups in total. The number of hydrogen-bond donors (Lipinski definition) is 0. The SMILES string of the molecule is c1ccc2c(c1)Oc1cc3c4c5c1B2c1cccc2c1N5c1c(cccc1B4c1ccccc1O3)[Se]2. The zero-order valence-electron chi connectivity index (χ0n) is 19.0. The van der Waals surface area contributed by atoms with Crippen LogP contribution in [0.1, 0.15) is 0 Å². The van der Waals surface area contributed by atoms with E-state index in [1.807, 2.05) is 0 Å². The number of ether oxygens (including phenoxy) is 2. The number of fused-ring (bicyclic) bond motifs is 6. The number of hydrogen-bond acceptors (Lipinski definition) is 3. The van der Waals surface area contributed by atoms with Crippen LogP contribution in [-0.4, -0.2) is 28.4 Å². The van der Waals surface area contributed by atoms with Crippen LogP contribution in [-0.2, 0) is 0 Å². The van der Waals surface area contributed by atoms with Crippen molar-refractivity contribution in [3.05, 3.63) is 91.0 Å². The molecule has 5 heterocycles. The Bertz CT molecular complexity index is 1740. The van der Waals surface area contributed by atoms with Crippen LogP contribution in [0.5, 0.6) is 23.0 Å². The van der Waals surface area contributed by atoms with E-state index in [2.05, 4.69) is 95.9 Å². The molecule has 0 fully saturated rings. The van der Waals surface area contributed by atoms with E-state index < -0.39 is 0 Å². The summed E-state index contributed by atoms with van der Waals surface area (Å²) < 4.78 is 16.2. The van der Waals surface area contributed by atoms with Crippen LogP contribution in [0.2, 0.25) is 0 Å². The Hall–Kier alpha value is -3.85. The summed E-state index contributed by atoms with van der Waals surface area (Å²) in [6, 6.07) is 33.1. The van der Waals surface area contributed by atoms with E-state index in [1.54, 1.807) is 0 Å². The van der Waals surface area contributed by atoms with Gasteiger partial charge in [-0.2, -0.15) is 0 Å². The first-order valence-corrected chi connectivity index (χ1v) is 14.1. The molecule has 5 aliphatic rings. The summed E-state index contributed by atoms with van der Waals surface area (Å²) in [6.07, 6.45) is 0. The molecule has 0 unspecified atom stereocenters. The molecule has 164 valence electrons. The average molecular weight is 522 g/mol. The minimum atomic E-state index is 0.150. The van der Waals surface area contributed by atoms with Gasteiger partial charge in [0.2, 0.25) is 0 Å². The predicted molar refractivity (Wildman–Crippen MR) is 148 cm³/mol. The molecule has 3 nitrogen and oxygen atoms in total. The van der Waals surface area contributed by atoms with Crippen LogP contribution in [0.3, 0.4) is 0 Å². The summed E-state index contributed by atoms with van der Waals surface area (Å²) in [7, 11) is 0. The van der Waals surface area contributed by atoms with Gasteiger partial charge in [0.05, 0.1) is 0 Å². The summed E-state index contributed by atoms with van der Waals surface area (Å²) in [5.41, 5.74) is 11.9. The van der Waals surface area contributed by atoms with Gasteiger partial charge < -0.3 is 0 Å². The Morgan fingerprint density at radius 1 is 0.500 bits per heavy atom. The maximum absolute atomic E-state index is 6.63. The molecule has 0 aliphatic carbocycles. The third kappa shape index (κ3) is 1.97. The zero-order valence-corrected chi connectivity index (χ0v) is 20.7. The Morgan fingerprint density at radius 3 is 1.56 bits per heavy atom. The molecule has 0 amide bonds. The monoisotopic (exact) mass is 523 g/mol. The number of anilines is 3. The van der Waals surface area contributed by atoms with Crippen molar-refractivity contribution in [1.29, 1.82) is 0 Å². The Kier molecular flexibility index (Phi) is 3.12. The van der Waals surface area contributed by atoms with Gasteiger partial charge in [0.1, 0.15) is 0 Å². The van der Waals surface area contributed by atoms with Crippen molar-refractivity contribution < 1.29 is 9.47 Å². The van der Waals surface area contributed by atoms with Crippen LogP contribution in [0.15, 0.2) is 91.0 Å². The van der Waals surface area contributed by atoms with Gasteiger partial charge in [0, 0.05) is 0 Å². The van der Waals surface area contributed by atoms with Crippen molar-refractivity contribution in [2.75, 3.05) is 4.90 Å². The molecule has 5 aliphatic heterocycles. The van der Waals surface area contributed by atoms with Crippen LogP contribution in [0, 0.1) is 0 Å². The van der Waals surface area contributed by atoms with E-state index in [0.717, 1.165) is 23.0 Å². The molecule has 10 rings (SSSR count). The normalized spacial score (nSPS) is 15.4. The van der Waals surface area contributed by atoms with E-state index >= 15 is 0 Å². The quantitative estimate of drug-likeness (QED) is 0.278. The van der Waals surface area contributed by atoms with Crippen molar-refractivity contribution in [3.8, 4) is 23.0 Å². The number of benzene rings is 5. The van der Waals surface area contributed by atoms with Gasteiger partial charge in [-0.25, -0.2) is 0 Å². The van der Waals surface area contributed by atoms with E-state index in [9.17, 15) is 0 Å². The number of rotatable bonds is 0. The van der Waals surface area contributed by atoms with Gasteiger partial charge in [0.25, 0.3) is 0 Å². The second kappa shape index (κ2) is 6.10. The van der Waals surface area contributed by atoms with Crippen LogP contribution >= 0.6 is 0 Å². The van der Waals surface area contributed by atoms with Crippen LogP contribution in [0.25, 0.3) is 0 Å². The van der Waals surface area contributed by atoms with Gasteiger partial charge in [0.15, 0.2) is 0 Å². The molecule has 0 radical (unpaired) electrons. The zero-order chi connectivity index (χ0) is 23.1. The molecule has 5 aromatic rings. The van der Waals surface area contributed by atoms with E-state index in [4.69, 9.17) is 9.47 Å². The summed E-state index contributed by atoms with van der Waals surface area (Å²) in [5.74, 6) is 3.72. The van der Waals surface area contributed by atoms with Crippen LogP contribution < -0.4 is 56.1 Å². The molecule has 0 atom stereocenters. The van der Waals surface area contributed by atoms with Gasteiger partial charge in [-0.15, -0.1) is 0 Å². The first kappa shape index (κ1) is 18.4. The third-order valence-electron chi connectivity index (χ3n) is 8.35.